The smallest absolute Gasteiger partial charge is 0.338 e. The van der Waals surface area contributed by atoms with Gasteiger partial charge >= 0.3 is 5.97 Å². The Morgan fingerprint density at radius 3 is 2.42 bits per heavy atom. The fourth-order valence-electron chi connectivity index (χ4n) is 2.65. The van der Waals surface area contributed by atoms with Gasteiger partial charge in [-0.2, -0.15) is 5.10 Å². The molecule has 6 nitrogen and oxygen atoms in total. The molecule has 2 aromatic carbocycles. The summed E-state index contributed by atoms with van der Waals surface area (Å²) in [5.74, 6) is -0.843. The van der Waals surface area contributed by atoms with Gasteiger partial charge in [-0.1, -0.05) is 30.3 Å². The van der Waals surface area contributed by atoms with Crippen molar-refractivity contribution in [3.05, 3.63) is 65.7 Å². The Kier molecular flexibility index (Phi) is 5.31. The lowest BCUT2D eigenvalue weighted by Crippen LogP contribution is -2.28. The van der Waals surface area contributed by atoms with Crippen LogP contribution in [-0.2, 0) is 9.53 Å². The van der Waals surface area contributed by atoms with Gasteiger partial charge in [0.2, 0.25) is 0 Å². The van der Waals surface area contributed by atoms with Crippen LogP contribution in [0.4, 0.5) is 5.69 Å². The van der Waals surface area contributed by atoms with E-state index in [4.69, 9.17) is 4.74 Å². The van der Waals surface area contributed by atoms with Crippen molar-refractivity contribution in [2.75, 3.05) is 32.1 Å². The van der Waals surface area contributed by atoms with E-state index in [1.807, 2.05) is 61.5 Å². The number of hydrazone groups is 1. The second kappa shape index (κ2) is 7.82. The summed E-state index contributed by atoms with van der Waals surface area (Å²) < 4.78 is 5.13. The number of benzene rings is 2. The number of hydrogen-bond acceptors (Lipinski definition) is 5. The molecule has 0 aliphatic carbocycles. The van der Waals surface area contributed by atoms with E-state index in [1.54, 1.807) is 12.1 Å². The maximum atomic E-state index is 12.2. The molecular formula is C20H21N3O3. The average molecular weight is 351 g/mol. The van der Waals surface area contributed by atoms with Crippen LogP contribution < -0.4 is 4.90 Å². The topological polar surface area (TPSA) is 62.2 Å². The number of nitrogens with zero attached hydrogens (tertiary/aromatic N) is 3. The summed E-state index contributed by atoms with van der Waals surface area (Å²) in [4.78, 5) is 26.3. The number of carbonyl (C=O) groups excluding carboxylic acids is 2. The van der Waals surface area contributed by atoms with E-state index < -0.39 is 5.97 Å². The number of hydrogen-bond donors (Lipinski definition) is 0. The van der Waals surface area contributed by atoms with Crippen molar-refractivity contribution < 1.29 is 14.3 Å². The highest BCUT2D eigenvalue weighted by atomic mass is 16.5. The first-order valence-corrected chi connectivity index (χ1v) is 8.42. The minimum absolute atomic E-state index is 0.320. The number of rotatable bonds is 5. The molecule has 0 N–H and O–H groups in total. The lowest BCUT2D eigenvalue weighted by molar-refractivity contribution is -0.134. The van der Waals surface area contributed by atoms with Crippen molar-refractivity contribution >= 4 is 23.3 Å². The molecule has 0 saturated heterocycles. The molecule has 26 heavy (non-hydrogen) atoms. The van der Waals surface area contributed by atoms with E-state index in [-0.39, 0.29) is 12.5 Å². The van der Waals surface area contributed by atoms with Crippen LogP contribution in [0.3, 0.4) is 0 Å². The largest absolute Gasteiger partial charge is 0.452 e. The minimum Gasteiger partial charge on any atom is -0.452 e. The highest BCUT2D eigenvalue weighted by molar-refractivity contribution is 6.02. The van der Waals surface area contributed by atoms with Crippen LogP contribution >= 0.6 is 0 Å². The molecule has 0 atom stereocenters. The van der Waals surface area contributed by atoms with Crippen LogP contribution in [-0.4, -0.2) is 49.8 Å². The van der Waals surface area contributed by atoms with Crippen molar-refractivity contribution in [1.82, 2.24) is 5.01 Å². The van der Waals surface area contributed by atoms with E-state index in [9.17, 15) is 9.59 Å². The molecule has 0 fully saturated rings. The second-order valence-corrected chi connectivity index (χ2v) is 6.20. The van der Waals surface area contributed by atoms with Crippen molar-refractivity contribution in [2.45, 2.75) is 6.42 Å². The fourth-order valence-corrected chi connectivity index (χ4v) is 2.65. The highest BCUT2D eigenvalue weighted by Crippen LogP contribution is 2.15. The number of amides is 1. The fraction of sp³-hybridized carbons (Fsp3) is 0.250. The first-order chi connectivity index (χ1) is 12.5. The Morgan fingerprint density at radius 1 is 1.08 bits per heavy atom. The van der Waals surface area contributed by atoms with Crippen LogP contribution in [0.25, 0.3) is 0 Å². The molecule has 6 heteroatoms. The average Bonchev–Trinajstić information content (AvgIpc) is 3.17. The van der Waals surface area contributed by atoms with Gasteiger partial charge in [-0.05, 0) is 29.8 Å². The van der Waals surface area contributed by atoms with E-state index in [0.717, 1.165) is 17.0 Å². The summed E-state index contributed by atoms with van der Waals surface area (Å²) in [6.45, 7) is 0.179. The first kappa shape index (κ1) is 17.7. The first-order valence-electron chi connectivity index (χ1n) is 8.42. The van der Waals surface area contributed by atoms with Gasteiger partial charge in [0.15, 0.2) is 6.61 Å². The van der Waals surface area contributed by atoms with Crippen LogP contribution in [0.5, 0.6) is 0 Å². The van der Waals surface area contributed by atoms with Gasteiger partial charge in [-0.3, -0.25) is 4.79 Å². The summed E-state index contributed by atoms with van der Waals surface area (Å²) in [5, 5.41) is 5.71. The maximum absolute atomic E-state index is 12.2. The molecule has 1 amide bonds. The molecule has 1 heterocycles. The zero-order valence-corrected chi connectivity index (χ0v) is 14.9. The number of carbonyl (C=O) groups is 2. The summed E-state index contributed by atoms with van der Waals surface area (Å²) in [6.07, 6.45) is 0.690. The summed E-state index contributed by atoms with van der Waals surface area (Å²) in [5.41, 5.74) is 3.26. The molecule has 1 aliphatic rings. The third kappa shape index (κ3) is 4.08. The molecule has 0 saturated carbocycles. The third-order valence-electron chi connectivity index (χ3n) is 4.14. The molecule has 0 radical (unpaired) electrons. The third-order valence-corrected chi connectivity index (χ3v) is 4.14. The predicted molar refractivity (Wildman–Crippen MR) is 100 cm³/mol. The molecule has 0 bridgehead atoms. The van der Waals surface area contributed by atoms with Gasteiger partial charge in [0.05, 0.1) is 17.8 Å². The van der Waals surface area contributed by atoms with Crippen LogP contribution in [0.15, 0.2) is 59.7 Å². The van der Waals surface area contributed by atoms with E-state index in [1.165, 1.54) is 5.01 Å². The Bertz CT molecular complexity index is 814. The monoisotopic (exact) mass is 351 g/mol. The van der Waals surface area contributed by atoms with Gasteiger partial charge in [-0.25, -0.2) is 9.80 Å². The Morgan fingerprint density at radius 2 is 1.77 bits per heavy atom. The normalized spacial score (nSPS) is 13.3. The van der Waals surface area contributed by atoms with Crippen molar-refractivity contribution in [3.8, 4) is 0 Å². The number of ether oxygens (including phenoxy) is 1. The number of anilines is 1. The summed E-state index contributed by atoms with van der Waals surface area (Å²) >= 11 is 0. The van der Waals surface area contributed by atoms with Crippen LogP contribution in [0.2, 0.25) is 0 Å². The maximum Gasteiger partial charge on any atom is 0.338 e. The molecule has 1 aliphatic heterocycles. The van der Waals surface area contributed by atoms with Gasteiger partial charge in [0.1, 0.15) is 0 Å². The van der Waals surface area contributed by atoms with Crippen LogP contribution in [0, 0.1) is 0 Å². The van der Waals surface area contributed by atoms with Gasteiger partial charge in [0, 0.05) is 26.2 Å². The molecule has 0 unspecified atom stereocenters. The Hall–Kier alpha value is -3.15. The van der Waals surface area contributed by atoms with Crippen molar-refractivity contribution in [1.29, 1.82) is 0 Å². The molecule has 3 rings (SSSR count). The lowest BCUT2D eigenvalue weighted by Gasteiger charge is -2.13. The quantitative estimate of drug-likeness (QED) is 0.777. The van der Waals surface area contributed by atoms with E-state index in [2.05, 4.69) is 5.10 Å². The molecular weight excluding hydrogens is 330 g/mol. The van der Waals surface area contributed by atoms with Crippen LogP contribution in [0.1, 0.15) is 22.3 Å². The second-order valence-electron chi connectivity index (χ2n) is 6.20. The van der Waals surface area contributed by atoms with Gasteiger partial charge in [-0.15, -0.1) is 0 Å². The van der Waals surface area contributed by atoms with Gasteiger partial charge in [0.25, 0.3) is 5.91 Å². The van der Waals surface area contributed by atoms with Crippen molar-refractivity contribution in [2.24, 2.45) is 5.10 Å². The van der Waals surface area contributed by atoms with Crippen molar-refractivity contribution in [3.63, 3.8) is 0 Å². The summed E-state index contributed by atoms with van der Waals surface area (Å²) in [7, 11) is 3.85. The molecule has 2 aromatic rings. The zero-order chi connectivity index (χ0) is 18.5. The zero-order valence-electron chi connectivity index (χ0n) is 14.9. The minimum atomic E-state index is -0.518. The lowest BCUT2D eigenvalue weighted by atomic mass is 10.1. The Balaban J connectivity index is 1.55. The molecule has 0 aromatic heterocycles. The van der Waals surface area contributed by atoms with Gasteiger partial charge < -0.3 is 9.64 Å². The molecule has 134 valence electrons. The van der Waals surface area contributed by atoms with E-state index >= 15 is 0 Å². The SMILES string of the molecule is CN(C)c1ccc(C(=O)OCC(=O)N2CCC(c3ccccc3)=N2)cc1. The number of esters is 1. The molecule has 0 spiro atoms. The predicted octanol–water partition coefficient (Wildman–Crippen LogP) is 2.55. The summed E-state index contributed by atoms with van der Waals surface area (Å²) in [6, 6.07) is 16.8. The highest BCUT2D eigenvalue weighted by Gasteiger charge is 2.22. The Labute approximate surface area is 152 Å². The van der Waals surface area contributed by atoms with E-state index in [0.29, 0.717) is 18.5 Å². The standard InChI is InChI=1S/C20H21N3O3/c1-22(2)17-10-8-16(9-11-17)20(25)26-14-19(24)23-13-12-18(21-23)15-6-4-3-5-7-15/h3-11H,12-14H2,1-2H3.